The standard InChI is InChI=1S/C31H61NO2/c1-5-7-8-9-21-24-27-30(32(3)4)28-25-22-19-17-15-13-11-10-12-14-16-18-20-23-26-29-31(33)34-6-2/h10,12,30H,5-9,11,13-29H2,1-4H3/b12-10-. The van der Waals surface area contributed by atoms with Crippen molar-refractivity contribution in [1.82, 2.24) is 4.90 Å². The number of allylic oxidation sites excluding steroid dienone is 2. The Morgan fingerprint density at radius 1 is 0.647 bits per heavy atom. The number of nitrogens with zero attached hydrogens (tertiary/aromatic N) is 1. The minimum Gasteiger partial charge on any atom is -0.466 e. The molecule has 0 aromatic heterocycles. The number of ether oxygens (including phenoxy) is 1. The average molecular weight is 480 g/mol. The maximum absolute atomic E-state index is 11.3. The summed E-state index contributed by atoms with van der Waals surface area (Å²) in [4.78, 5) is 13.7. The van der Waals surface area contributed by atoms with Crippen LogP contribution in [0.3, 0.4) is 0 Å². The van der Waals surface area contributed by atoms with Gasteiger partial charge < -0.3 is 9.64 Å². The average Bonchev–Trinajstić information content (AvgIpc) is 2.81. The first-order chi connectivity index (χ1) is 16.6. The fourth-order valence-electron chi connectivity index (χ4n) is 4.70. The van der Waals surface area contributed by atoms with Crippen molar-refractivity contribution in [1.29, 1.82) is 0 Å². The number of esters is 1. The van der Waals surface area contributed by atoms with Gasteiger partial charge in [0.1, 0.15) is 0 Å². The number of carbonyl (C=O) groups is 1. The SMILES string of the molecule is CCCCCCCCC(CCCCCCCC/C=C\CCCCCCCC(=O)OCC)N(C)C. The van der Waals surface area contributed by atoms with Crippen molar-refractivity contribution in [3.8, 4) is 0 Å². The molecule has 3 nitrogen and oxygen atoms in total. The molecule has 1 atom stereocenters. The zero-order valence-corrected chi connectivity index (χ0v) is 23.8. The van der Waals surface area contributed by atoms with Crippen LogP contribution in [0.1, 0.15) is 155 Å². The highest BCUT2D eigenvalue weighted by molar-refractivity contribution is 5.69. The van der Waals surface area contributed by atoms with E-state index in [1.54, 1.807) is 0 Å². The van der Waals surface area contributed by atoms with E-state index in [9.17, 15) is 4.79 Å². The van der Waals surface area contributed by atoms with Crippen molar-refractivity contribution in [3.63, 3.8) is 0 Å². The zero-order valence-electron chi connectivity index (χ0n) is 23.8. The number of carbonyl (C=O) groups excluding carboxylic acids is 1. The normalized spacial score (nSPS) is 12.6. The summed E-state index contributed by atoms with van der Waals surface area (Å²) in [5.74, 6) is -0.0396. The van der Waals surface area contributed by atoms with Crippen LogP contribution in [0.2, 0.25) is 0 Å². The van der Waals surface area contributed by atoms with Gasteiger partial charge in [-0.3, -0.25) is 4.79 Å². The van der Waals surface area contributed by atoms with Crippen molar-refractivity contribution in [3.05, 3.63) is 12.2 Å². The van der Waals surface area contributed by atoms with Gasteiger partial charge in [-0.1, -0.05) is 109 Å². The highest BCUT2D eigenvalue weighted by Crippen LogP contribution is 2.17. The van der Waals surface area contributed by atoms with E-state index < -0.39 is 0 Å². The third kappa shape index (κ3) is 24.3. The molecule has 0 aromatic carbocycles. The Bertz CT molecular complexity index is 447. The Morgan fingerprint density at radius 2 is 1.09 bits per heavy atom. The smallest absolute Gasteiger partial charge is 0.305 e. The molecule has 0 amide bonds. The van der Waals surface area contributed by atoms with Crippen LogP contribution in [0.25, 0.3) is 0 Å². The molecule has 0 radical (unpaired) electrons. The highest BCUT2D eigenvalue weighted by Gasteiger charge is 2.10. The molecule has 1 unspecified atom stereocenters. The van der Waals surface area contributed by atoms with E-state index in [4.69, 9.17) is 4.74 Å². The first-order valence-corrected chi connectivity index (χ1v) is 15.1. The molecular formula is C31H61NO2. The highest BCUT2D eigenvalue weighted by atomic mass is 16.5. The molecule has 0 heterocycles. The van der Waals surface area contributed by atoms with Gasteiger partial charge in [0.15, 0.2) is 0 Å². The third-order valence-electron chi connectivity index (χ3n) is 7.00. The lowest BCUT2D eigenvalue weighted by Crippen LogP contribution is -2.27. The van der Waals surface area contributed by atoms with E-state index in [1.807, 2.05) is 6.92 Å². The fraction of sp³-hybridized carbons (Fsp3) is 0.903. The third-order valence-corrected chi connectivity index (χ3v) is 7.00. The lowest BCUT2D eigenvalue weighted by molar-refractivity contribution is -0.143. The first-order valence-electron chi connectivity index (χ1n) is 15.1. The predicted octanol–water partition coefficient (Wildman–Crippen LogP) is 9.64. The molecular weight excluding hydrogens is 418 g/mol. The molecule has 0 aliphatic carbocycles. The minimum absolute atomic E-state index is 0.0396. The molecule has 0 aliphatic rings. The Labute approximate surface area is 214 Å². The molecule has 0 rings (SSSR count). The molecule has 202 valence electrons. The lowest BCUT2D eigenvalue weighted by atomic mass is 9.99. The number of unbranched alkanes of at least 4 members (excludes halogenated alkanes) is 16. The van der Waals surface area contributed by atoms with Gasteiger partial charge in [0, 0.05) is 12.5 Å². The Hall–Kier alpha value is -0.830. The monoisotopic (exact) mass is 479 g/mol. The molecule has 0 bridgehead atoms. The van der Waals surface area contributed by atoms with Crippen LogP contribution in [0.5, 0.6) is 0 Å². The van der Waals surface area contributed by atoms with Crippen molar-refractivity contribution in [2.75, 3.05) is 20.7 Å². The Morgan fingerprint density at radius 3 is 1.56 bits per heavy atom. The van der Waals surface area contributed by atoms with Crippen molar-refractivity contribution in [2.45, 2.75) is 161 Å². The van der Waals surface area contributed by atoms with Gasteiger partial charge in [-0.05, 0) is 66.0 Å². The van der Waals surface area contributed by atoms with Crippen LogP contribution < -0.4 is 0 Å². The summed E-state index contributed by atoms with van der Waals surface area (Å²) in [7, 11) is 4.54. The largest absolute Gasteiger partial charge is 0.466 e. The molecule has 3 heteroatoms. The van der Waals surface area contributed by atoms with Crippen LogP contribution in [-0.4, -0.2) is 37.6 Å². The van der Waals surface area contributed by atoms with E-state index >= 15 is 0 Å². The van der Waals surface area contributed by atoms with Crippen LogP contribution in [0.4, 0.5) is 0 Å². The molecule has 0 saturated heterocycles. The van der Waals surface area contributed by atoms with Gasteiger partial charge in [-0.2, -0.15) is 0 Å². The fourth-order valence-corrected chi connectivity index (χ4v) is 4.70. The summed E-state index contributed by atoms with van der Waals surface area (Å²) in [6, 6.07) is 0.793. The molecule has 0 N–H and O–H groups in total. The van der Waals surface area contributed by atoms with Gasteiger partial charge in [0.2, 0.25) is 0 Å². The van der Waals surface area contributed by atoms with E-state index in [2.05, 4.69) is 38.1 Å². The maximum Gasteiger partial charge on any atom is 0.305 e. The van der Waals surface area contributed by atoms with Crippen LogP contribution in [0.15, 0.2) is 12.2 Å². The van der Waals surface area contributed by atoms with Crippen LogP contribution in [0, 0.1) is 0 Å². The second-order valence-electron chi connectivity index (χ2n) is 10.5. The predicted molar refractivity (Wildman–Crippen MR) is 150 cm³/mol. The van der Waals surface area contributed by atoms with Crippen molar-refractivity contribution < 1.29 is 9.53 Å². The minimum atomic E-state index is -0.0396. The van der Waals surface area contributed by atoms with E-state index in [-0.39, 0.29) is 5.97 Å². The molecule has 34 heavy (non-hydrogen) atoms. The van der Waals surface area contributed by atoms with Gasteiger partial charge in [-0.25, -0.2) is 0 Å². The van der Waals surface area contributed by atoms with E-state index in [1.165, 1.54) is 122 Å². The molecule has 0 fully saturated rings. The molecule has 0 aromatic rings. The maximum atomic E-state index is 11.3. The summed E-state index contributed by atoms with van der Waals surface area (Å²) < 4.78 is 4.96. The van der Waals surface area contributed by atoms with Gasteiger partial charge in [-0.15, -0.1) is 0 Å². The summed E-state index contributed by atoms with van der Waals surface area (Å²) in [5.41, 5.74) is 0. The zero-order chi connectivity index (χ0) is 25.1. The van der Waals surface area contributed by atoms with E-state index in [0.717, 1.165) is 18.9 Å². The summed E-state index contributed by atoms with van der Waals surface area (Å²) in [6.45, 7) is 4.66. The number of hydrogen-bond donors (Lipinski definition) is 0. The summed E-state index contributed by atoms with van der Waals surface area (Å²) in [6.07, 6.45) is 33.4. The topological polar surface area (TPSA) is 29.5 Å². The molecule has 0 aliphatic heterocycles. The van der Waals surface area contributed by atoms with Gasteiger partial charge >= 0.3 is 5.97 Å². The van der Waals surface area contributed by atoms with Crippen molar-refractivity contribution in [2.24, 2.45) is 0 Å². The second kappa shape index (κ2) is 26.8. The molecule has 0 saturated carbocycles. The molecule has 0 spiro atoms. The first kappa shape index (κ1) is 33.2. The van der Waals surface area contributed by atoms with Crippen LogP contribution in [-0.2, 0) is 9.53 Å². The quantitative estimate of drug-likeness (QED) is 0.0702. The van der Waals surface area contributed by atoms with Gasteiger partial charge in [0.25, 0.3) is 0 Å². The Kier molecular flexibility index (Phi) is 26.1. The van der Waals surface area contributed by atoms with Crippen LogP contribution >= 0.6 is 0 Å². The summed E-state index contributed by atoms with van der Waals surface area (Å²) >= 11 is 0. The Balaban J connectivity index is 3.41. The van der Waals surface area contributed by atoms with E-state index in [0.29, 0.717) is 13.0 Å². The lowest BCUT2D eigenvalue weighted by Gasteiger charge is -2.24. The van der Waals surface area contributed by atoms with Crippen molar-refractivity contribution >= 4 is 5.97 Å². The number of hydrogen-bond acceptors (Lipinski definition) is 3. The second-order valence-corrected chi connectivity index (χ2v) is 10.5. The van der Waals surface area contributed by atoms with Gasteiger partial charge in [0.05, 0.1) is 6.61 Å². The number of rotatable bonds is 26. The summed E-state index contributed by atoms with van der Waals surface area (Å²) in [5, 5.41) is 0.